The van der Waals surface area contributed by atoms with Crippen molar-refractivity contribution in [2.45, 2.75) is 6.92 Å². The van der Waals surface area contributed by atoms with E-state index < -0.39 is 0 Å². The maximum atomic E-state index is 6.78. The molecule has 39 heavy (non-hydrogen) atoms. The largest absolute Gasteiger partial charge is 0.454 e. The van der Waals surface area contributed by atoms with Crippen molar-refractivity contribution in [3.8, 4) is 45.2 Å². The molecule has 4 nitrogen and oxygen atoms in total. The minimum Gasteiger partial charge on any atom is -0.454 e. The summed E-state index contributed by atoms with van der Waals surface area (Å²) in [6.45, 7) is 2.14. The topological polar surface area (TPSA) is 42.8 Å². The van der Waals surface area contributed by atoms with E-state index in [-0.39, 0.29) is 0 Å². The number of furan rings is 1. The lowest BCUT2D eigenvalue weighted by Gasteiger charge is -2.09. The van der Waals surface area contributed by atoms with Gasteiger partial charge in [0.1, 0.15) is 18.2 Å². The number of rotatable bonds is 4. The van der Waals surface area contributed by atoms with Crippen molar-refractivity contribution < 1.29 is 8.98 Å². The third kappa shape index (κ3) is 3.98. The molecule has 0 radical (unpaired) electrons. The molecular weight excluding hydrogens is 478 g/mol. The number of hydrogen-bond donors (Lipinski definition) is 0. The molecule has 0 saturated heterocycles. The molecule has 186 valence electrons. The fourth-order valence-electron chi connectivity index (χ4n) is 5.32. The van der Waals surface area contributed by atoms with Crippen LogP contribution >= 0.6 is 0 Å². The maximum absolute atomic E-state index is 6.78. The zero-order valence-electron chi connectivity index (χ0n) is 21.8. The zero-order chi connectivity index (χ0) is 26.3. The Morgan fingerprint density at radius 3 is 2.08 bits per heavy atom. The molecule has 0 aliphatic heterocycles. The van der Waals surface area contributed by atoms with E-state index in [2.05, 4.69) is 85.4 Å². The maximum Gasteiger partial charge on any atom is 0.216 e. The Hall–Kier alpha value is -5.09. The first-order valence-electron chi connectivity index (χ1n) is 13.1. The van der Waals surface area contributed by atoms with Gasteiger partial charge in [-0.25, -0.2) is 14.5 Å². The third-order valence-electron chi connectivity index (χ3n) is 7.29. The second-order valence-corrected chi connectivity index (χ2v) is 9.81. The molecule has 4 aromatic carbocycles. The molecule has 4 heteroatoms. The minimum atomic E-state index is 0.688. The molecule has 0 aliphatic carbocycles. The first kappa shape index (κ1) is 23.1. The molecule has 7 rings (SSSR count). The van der Waals surface area contributed by atoms with Crippen LogP contribution in [0.1, 0.15) is 5.56 Å². The third-order valence-corrected chi connectivity index (χ3v) is 7.29. The number of hydrogen-bond acceptors (Lipinski definition) is 3. The van der Waals surface area contributed by atoms with E-state index in [4.69, 9.17) is 14.4 Å². The van der Waals surface area contributed by atoms with E-state index >= 15 is 0 Å². The summed E-state index contributed by atoms with van der Waals surface area (Å²) in [6.07, 6.45) is 2.07. The van der Waals surface area contributed by atoms with Crippen LogP contribution in [0.2, 0.25) is 0 Å². The van der Waals surface area contributed by atoms with Crippen LogP contribution in [0.5, 0.6) is 0 Å². The number of aromatic nitrogens is 3. The van der Waals surface area contributed by atoms with Gasteiger partial charge in [-0.1, -0.05) is 84.9 Å². The van der Waals surface area contributed by atoms with Crippen LogP contribution in [-0.2, 0) is 7.05 Å². The number of pyridine rings is 1. The number of fused-ring (bicyclic) bond motifs is 3. The Balaban J connectivity index is 1.51. The van der Waals surface area contributed by atoms with Gasteiger partial charge in [-0.15, -0.1) is 0 Å². The van der Waals surface area contributed by atoms with E-state index in [0.717, 1.165) is 61.3 Å². The van der Waals surface area contributed by atoms with E-state index in [0.29, 0.717) is 5.82 Å². The molecule has 0 unspecified atom stereocenters. The number of para-hydroxylation sites is 1. The van der Waals surface area contributed by atoms with Gasteiger partial charge in [0.15, 0.2) is 12.0 Å². The van der Waals surface area contributed by atoms with Gasteiger partial charge in [0.05, 0.1) is 17.0 Å². The van der Waals surface area contributed by atoms with Gasteiger partial charge in [0.25, 0.3) is 0 Å². The average molecular weight is 505 g/mol. The normalized spacial score (nSPS) is 11.3. The average Bonchev–Trinajstić information content (AvgIpc) is 3.37. The number of aryl methyl sites for hydroxylation is 2. The lowest BCUT2D eigenvalue weighted by molar-refractivity contribution is -0.660. The first-order chi connectivity index (χ1) is 19.2. The van der Waals surface area contributed by atoms with Gasteiger partial charge in [0.2, 0.25) is 5.69 Å². The Kier molecular flexibility index (Phi) is 5.52. The molecular formula is C35H26N3O+. The van der Waals surface area contributed by atoms with Crippen molar-refractivity contribution in [2.75, 3.05) is 0 Å². The fraction of sp³-hybridized carbons (Fsp3) is 0.0571. The highest BCUT2D eigenvalue weighted by atomic mass is 16.3. The van der Waals surface area contributed by atoms with Crippen LogP contribution < -0.4 is 4.57 Å². The minimum absolute atomic E-state index is 0.688. The standard InChI is InChI=1S/C35H26N3O/c1-23-19-20-27-26-16-11-17-28(33(26)39-34(27)32(23)31-18-9-10-21-38(31)2)30-22-29(24-12-5-3-6-13-24)36-35(37-30)25-14-7-4-8-15-25/h3-22H,1-2H3/q+1. The van der Waals surface area contributed by atoms with E-state index in [1.165, 1.54) is 5.56 Å². The Labute approximate surface area is 226 Å². The van der Waals surface area contributed by atoms with Gasteiger partial charge < -0.3 is 4.42 Å². The van der Waals surface area contributed by atoms with Crippen molar-refractivity contribution >= 4 is 21.9 Å². The summed E-state index contributed by atoms with van der Waals surface area (Å²) in [6, 6.07) is 39.3. The summed E-state index contributed by atoms with van der Waals surface area (Å²) in [4.78, 5) is 10.0. The lowest BCUT2D eigenvalue weighted by Crippen LogP contribution is -2.30. The number of benzene rings is 4. The first-order valence-corrected chi connectivity index (χ1v) is 13.1. The van der Waals surface area contributed by atoms with Crippen molar-refractivity contribution in [2.24, 2.45) is 7.05 Å². The summed E-state index contributed by atoms with van der Waals surface area (Å²) in [5.74, 6) is 0.688. The summed E-state index contributed by atoms with van der Waals surface area (Å²) >= 11 is 0. The molecule has 0 N–H and O–H groups in total. The summed E-state index contributed by atoms with van der Waals surface area (Å²) in [5, 5.41) is 2.17. The lowest BCUT2D eigenvalue weighted by atomic mass is 9.99. The Morgan fingerprint density at radius 2 is 1.31 bits per heavy atom. The molecule has 0 amide bonds. The molecule has 0 fully saturated rings. The second-order valence-electron chi connectivity index (χ2n) is 9.81. The smallest absolute Gasteiger partial charge is 0.216 e. The predicted molar refractivity (Wildman–Crippen MR) is 157 cm³/mol. The molecule has 0 saturated carbocycles. The monoisotopic (exact) mass is 504 g/mol. The highest BCUT2D eigenvalue weighted by Gasteiger charge is 2.22. The molecule has 0 atom stereocenters. The van der Waals surface area contributed by atoms with E-state index in [9.17, 15) is 0 Å². The van der Waals surface area contributed by atoms with Gasteiger partial charge in [-0.05, 0) is 30.7 Å². The van der Waals surface area contributed by atoms with Crippen molar-refractivity contribution in [3.63, 3.8) is 0 Å². The Morgan fingerprint density at radius 1 is 0.615 bits per heavy atom. The highest BCUT2D eigenvalue weighted by Crippen LogP contribution is 2.40. The summed E-state index contributed by atoms with van der Waals surface area (Å²) < 4.78 is 8.91. The van der Waals surface area contributed by atoms with Crippen LogP contribution in [0.3, 0.4) is 0 Å². The van der Waals surface area contributed by atoms with Gasteiger partial charge in [0, 0.05) is 39.6 Å². The fourth-order valence-corrected chi connectivity index (χ4v) is 5.32. The molecule has 0 spiro atoms. The van der Waals surface area contributed by atoms with Crippen LogP contribution in [0.15, 0.2) is 126 Å². The highest BCUT2D eigenvalue weighted by molar-refractivity contribution is 6.13. The van der Waals surface area contributed by atoms with E-state index in [1.54, 1.807) is 0 Å². The zero-order valence-corrected chi connectivity index (χ0v) is 21.8. The van der Waals surface area contributed by atoms with Crippen molar-refractivity contribution in [1.29, 1.82) is 0 Å². The quantitative estimate of drug-likeness (QED) is 0.227. The molecule has 7 aromatic rings. The Bertz CT molecular complexity index is 1920. The second kappa shape index (κ2) is 9.34. The van der Waals surface area contributed by atoms with Gasteiger partial charge in [-0.2, -0.15) is 0 Å². The van der Waals surface area contributed by atoms with Gasteiger partial charge in [-0.3, -0.25) is 0 Å². The number of nitrogens with zero attached hydrogens (tertiary/aromatic N) is 3. The predicted octanol–water partition coefficient (Wildman–Crippen LogP) is 8.18. The molecule has 0 bridgehead atoms. The molecule has 3 heterocycles. The van der Waals surface area contributed by atoms with E-state index in [1.807, 2.05) is 54.6 Å². The van der Waals surface area contributed by atoms with Crippen molar-refractivity contribution in [3.05, 3.63) is 127 Å². The van der Waals surface area contributed by atoms with Crippen LogP contribution in [-0.4, -0.2) is 9.97 Å². The van der Waals surface area contributed by atoms with Crippen LogP contribution in [0.25, 0.3) is 67.1 Å². The van der Waals surface area contributed by atoms with Crippen LogP contribution in [0, 0.1) is 6.92 Å². The molecule has 0 aliphatic rings. The van der Waals surface area contributed by atoms with Gasteiger partial charge >= 0.3 is 0 Å². The summed E-state index contributed by atoms with van der Waals surface area (Å²) in [7, 11) is 2.07. The SMILES string of the molecule is Cc1ccc2c(oc3c(-c4cc(-c5ccccc5)nc(-c5ccccc5)n4)cccc32)c1-c1cccc[n+]1C. The summed E-state index contributed by atoms with van der Waals surface area (Å²) in [5.41, 5.74) is 9.78. The van der Waals surface area contributed by atoms with Crippen molar-refractivity contribution in [1.82, 2.24) is 9.97 Å². The molecule has 3 aromatic heterocycles. The van der Waals surface area contributed by atoms with Crippen LogP contribution in [0.4, 0.5) is 0 Å².